The minimum absolute atomic E-state index is 0.0350. The van der Waals surface area contributed by atoms with Gasteiger partial charge < -0.3 is 4.90 Å². The van der Waals surface area contributed by atoms with Gasteiger partial charge in [-0.05, 0) is 23.6 Å². The average Bonchev–Trinajstić information content (AvgIpc) is 2.76. The summed E-state index contributed by atoms with van der Waals surface area (Å²) in [6, 6.07) is 6.50. The van der Waals surface area contributed by atoms with E-state index in [0.717, 1.165) is 24.9 Å². The van der Waals surface area contributed by atoms with Gasteiger partial charge in [0.1, 0.15) is 6.29 Å². The highest BCUT2D eigenvalue weighted by atomic mass is 16.1. The van der Waals surface area contributed by atoms with E-state index in [2.05, 4.69) is 36.9 Å². The molecule has 0 saturated heterocycles. The smallest absolute Gasteiger partial charge is 0.144 e. The van der Waals surface area contributed by atoms with Gasteiger partial charge in [0, 0.05) is 23.3 Å². The van der Waals surface area contributed by atoms with Crippen LogP contribution in [0.2, 0.25) is 0 Å². The third-order valence-electron chi connectivity index (χ3n) is 3.82. The second-order valence-electron chi connectivity index (χ2n) is 5.03. The molecule has 0 saturated carbocycles. The fourth-order valence-electron chi connectivity index (χ4n) is 3.04. The predicted octanol–water partition coefficient (Wildman–Crippen LogP) is 2.42. The molecule has 0 atom stereocenters. The largest absolute Gasteiger partial charge is 0.343 e. The van der Waals surface area contributed by atoms with Crippen molar-refractivity contribution in [3.63, 3.8) is 0 Å². The molecule has 0 N–H and O–H groups in total. The number of hydrogen-bond donors (Lipinski definition) is 0. The lowest BCUT2D eigenvalue weighted by Gasteiger charge is -2.24. The van der Waals surface area contributed by atoms with Crippen LogP contribution in [0.25, 0.3) is 0 Å². The number of para-hydroxylation sites is 1. The predicted molar refractivity (Wildman–Crippen MR) is 64.7 cm³/mol. The van der Waals surface area contributed by atoms with Crippen LogP contribution < -0.4 is 4.90 Å². The van der Waals surface area contributed by atoms with Gasteiger partial charge in [0.2, 0.25) is 0 Å². The Bertz CT molecular complexity index is 499. The van der Waals surface area contributed by atoms with E-state index in [4.69, 9.17) is 0 Å². The van der Waals surface area contributed by atoms with Crippen LogP contribution >= 0.6 is 0 Å². The zero-order valence-corrected chi connectivity index (χ0v) is 9.66. The minimum Gasteiger partial charge on any atom is -0.343 e. The summed E-state index contributed by atoms with van der Waals surface area (Å²) in [7, 11) is 0. The summed E-state index contributed by atoms with van der Waals surface area (Å²) in [4.78, 5) is 13.1. The number of nitrogens with zero attached hydrogens (tertiary/aromatic N) is 1. The molecule has 3 rings (SSSR count). The molecule has 2 heterocycles. The Morgan fingerprint density at radius 1 is 1.38 bits per heavy atom. The highest BCUT2D eigenvalue weighted by Crippen LogP contribution is 2.51. The van der Waals surface area contributed by atoms with Gasteiger partial charge in [0.25, 0.3) is 0 Å². The zero-order chi connectivity index (χ0) is 11.3. The van der Waals surface area contributed by atoms with Crippen LogP contribution in [-0.2, 0) is 16.6 Å². The monoisotopic (exact) mass is 213 g/mol. The standard InChI is InChI=1S/C14H15NO/c1-14(2)11-5-3-4-10-6-8-15(13(10)11)12(14)7-9-16/h3-5,7,9H,6,8H2,1-2H3/b12-7+. The van der Waals surface area contributed by atoms with Crippen LogP contribution in [0.4, 0.5) is 5.69 Å². The number of benzene rings is 1. The molecule has 0 aliphatic carbocycles. The molecule has 0 aromatic heterocycles. The molecule has 2 heteroatoms. The van der Waals surface area contributed by atoms with Crippen molar-refractivity contribution in [2.75, 3.05) is 11.4 Å². The summed E-state index contributed by atoms with van der Waals surface area (Å²) >= 11 is 0. The van der Waals surface area contributed by atoms with Gasteiger partial charge in [0.05, 0.1) is 0 Å². The Morgan fingerprint density at radius 2 is 2.19 bits per heavy atom. The van der Waals surface area contributed by atoms with Gasteiger partial charge in [0.15, 0.2) is 0 Å². The van der Waals surface area contributed by atoms with Crippen molar-refractivity contribution in [1.29, 1.82) is 0 Å². The first-order valence-corrected chi connectivity index (χ1v) is 5.72. The van der Waals surface area contributed by atoms with Crippen molar-refractivity contribution in [2.24, 2.45) is 0 Å². The number of allylic oxidation sites excluding steroid dienone is 2. The SMILES string of the molecule is CC1(C)/C(=C\C=O)N2CCc3cccc1c32. The minimum atomic E-state index is -0.0350. The van der Waals surface area contributed by atoms with Crippen LogP contribution in [0.3, 0.4) is 0 Å². The van der Waals surface area contributed by atoms with Crippen molar-refractivity contribution in [1.82, 2.24) is 0 Å². The van der Waals surface area contributed by atoms with Crippen molar-refractivity contribution in [3.8, 4) is 0 Å². The maximum Gasteiger partial charge on any atom is 0.144 e. The second kappa shape index (κ2) is 2.97. The summed E-state index contributed by atoms with van der Waals surface area (Å²) in [6.07, 6.45) is 3.71. The molecular formula is C14H15NO. The van der Waals surface area contributed by atoms with Crippen molar-refractivity contribution < 1.29 is 4.79 Å². The maximum absolute atomic E-state index is 10.8. The summed E-state index contributed by atoms with van der Waals surface area (Å²) in [5, 5.41) is 0. The normalized spacial score (nSPS) is 22.6. The van der Waals surface area contributed by atoms with Crippen LogP contribution in [0, 0.1) is 0 Å². The Labute approximate surface area is 95.6 Å². The lowest BCUT2D eigenvalue weighted by molar-refractivity contribution is -0.104. The van der Waals surface area contributed by atoms with Gasteiger partial charge >= 0.3 is 0 Å². The van der Waals surface area contributed by atoms with Gasteiger partial charge in [-0.2, -0.15) is 0 Å². The highest BCUT2D eigenvalue weighted by Gasteiger charge is 2.43. The third kappa shape index (κ3) is 0.993. The number of hydrogen-bond acceptors (Lipinski definition) is 2. The lowest BCUT2D eigenvalue weighted by atomic mass is 9.82. The fraction of sp³-hybridized carbons (Fsp3) is 0.357. The molecule has 1 aromatic carbocycles. The summed E-state index contributed by atoms with van der Waals surface area (Å²) in [6.45, 7) is 5.39. The first-order valence-electron chi connectivity index (χ1n) is 5.72. The number of anilines is 1. The van der Waals surface area contributed by atoms with Crippen LogP contribution in [0.5, 0.6) is 0 Å². The number of rotatable bonds is 1. The topological polar surface area (TPSA) is 20.3 Å². The highest BCUT2D eigenvalue weighted by molar-refractivity contribution is 5.80. The Kier molecular flexibility index (Phi) is 1.79. The molecule has 0 bridgehead atoms. The zero-order valence-electron chi connectivity index (χ0n) is 9.66. The molecule has 1 aromatic rings. The molecule has 2 nitrogen and oxygen atoms in total. The summed E-state index contributed by atoms with van der Waals surface area (Å²) < 4.78 is 0. The molecule has 2 aliphatic heterocycles. The van der Waals surface area contributed by atoms with E-state index in [1.54, 1.807) is 6.08 Å². The molecule has 0 spiro atoms. The quantitative estimate of drug-likeness (QED) is 0.527. The van der Waals surface area contributed by atoms with E-state index in [1.807, 2.05) is 0 Å². The van der Waals surface area contributed by atoms with Gasteiger partial charge in [-0.25, -0.2) is 0 Å². The average molecular weight is 213 g/mol. The van der Waals surface area contributed by atoms with E-state index >= 15 is 0 Å². The fourth-order valence-corrected chi connectivity index (χ4v) is 3.04. The second-order valence-corrected chi connectivity index (χ2v) is 5.03. The number of carbonyl (C=O) groups excluding carboxylic acids is 1. The molecule has 82 valence electrons. The van der Waals surface area contributed by atoms with Crippen molar-refractivity contribution >= 4 is 12.0 Å². The van der Waals surface area contributed by atoms with E-state index in [0.29, 0.717) is 0 Å². The molecule has 0 radical (unpaired) electrons. The van der Waals surface area contributed by atoms with E-state index in [-0.39, 0.29) is 5.41 Å². The summed E-state index contributed by atoms with van der Waals surface area (Å²) in [5.41, 5.74) is 5.23. The first kappa shape index (κ1) is 9.64. The first-order chi connectivity index (χ1) is 7.66. The Morgan fingerprint density at radius 3 is 2.94 bits per heavy atom. The van der Waals surface area contributed by atoms with E-state index in [9.17, 15) is 4.79 Å². The Hall–Kier alpha value is -1.57. The van der Waals surface area contributed by atoms with Gasteiger partial charge in [-0.1, -0.05) is 32.0 Å². The maximum atomic E-state index is 10.8. The number of carbonyl (C=O) groups is 1. The van der Waals surface area contributed by atoms with Crippen LogP contribution in [-0.4, -0.2) is 12.8 Å². The molecule has 0 unspecified atom stereocenters. The molecule has 0 amide bonds. The van der Waals surface area contributed by atoms with Gasteiger partial charge in [-0.3, -0.25) is 4.79 Å². The van der Waals surface area contributed by atoms with E-state index in [1.165, 1.54) is 16.8 Å². The van der Waals surface area contributed by atoms with Crippen molar-refractivity contribution in [3.05, 3.63) is 41.1 Å². The molecule has 0 fully saturated rings. The molecule has 2 aliphatic rings. The molecule has 16 heavy (non-hydrogen) atoms. The molecular weight excluding hydrogens is 198 g/mol. The number of aldehydes is 1. The summed E-state index contributed by atoms with van der Waals surface area (Å²) in [5.74, 6) is 0. The van der Waals surface area contributed by atoms with Gasteiger partial charge in [-0.15, -0.1) is 0 Å². The lowest BCUT2D eigenvalue weighted by Crippen LogP contribution is -2.26. The van der Waals surface area contributed by atoms with Crippen LogP contribution in [0.15, 0.2) is 30.0 Å². The third-order valence-corrected chi connectivity index (χ3v) is 3.82. The van der Waals surface area contributed by atoms with Crippen LogP contribution in [0.1, 0.15) is 25.0 Å². The Balaban J connectivity index is 2.29. The van der Waals surface area contributed by atoms with E-state index < -0.39 is 0 Å². The van der Waals surface area contributed by atoms with Crippen molar-refractivity contribution in [2.45, 2.75) is 25.7 Å².